The SMILES string of the molecule is Cc1nnc(CN(C)CCO)o1. The van der Waals surface area contributed by atoms with Crippen LogP contribution in [0.2, 0.25) is 0 Å². The van der Waals surface area contributed by atoms with Crippen molar-refractivity contribution in [2.45, 2.75) is 13.5 Å². The second-order valence-electron chi connectivity index (χ2n) is 2.68. The molecule has 1 aromatic heterocycles. The van der Waals surface area contributed by atoms with E-state index in [4.69, 9.17) is 9.52 Å². The number of hydrogen-bond donors (Lipinski definition) is 1. The smallest absolute Gasteiger partial charge is 0.230 e. The minimum Gasteiger partial charge on any atom is -0.424 e. The Bertz CT molecular complexity index is 236. The molecular weight excluding hydrogens is 158 g/mol. The molecule has 5 nitrogen and oxygen atoms in total. The molecule has 68 valence electrons. The van der Waals surface area contributed by atoms with Crippen molar-refractivity contribution in [2.75, 3.05) is 20.2 Å². The first-order valence-electron chi connectivity index (χ1n) is 3.80. The molecule has 0 aromatic carbocycles. The van der Waals surface area contributed by atoms with Gasteiger partial charge in [-0.3, -0.25) is 4.90 Å². The second kappa shape index (κ2) is 4.18. The zero-order valence-electron chi connectivity index (χ0n) is 7.32. The summed E-state index contributed by atoms with van der Waals surface area (Å²) < 4.78 is 5.15. The summed E-state index contributed by atoms with van der Waals surface area (Å²) in [4.78, 5) is 1.91. The fourth-order valence-electron chi connectivity index (χ4n) is 0.882. The summed E-state index contributed by atoms with van der Waals surface area (Å²) in [5.41, 5.74) is 0. The van der Waals surface area contributed by atoms with Gasteiger partial charge in [-0.2, -0.15) is 0 Å². The number of likely N-dealkylation sites (N-methyl/N-ethyl adjacent to an activating group) is 1. The Morgan fingerprint density at radius 1 is 1.50 bits per heavy atom. The average molecular weight is 171 g/mol. The van der Waals surface area contributed by atoms with E-state index in [1.54, 1.807) is 6.92 Å². The molecule has 0 atom stereocenters. The average Bonchev–Trinajstić information content (AvgIpc) is 2.36. The van der Waals surface area contributed by atoms with E-state index in [-0.39, 0.29) is 6.61 Å². The van der Waals surface area contributed by atoms with Crippen molar-refractivity contribution in [1.29, 1.82) is 0 Å². The third-order valence-electron chi connectivity index (χ3n) is 1.45. The molecule has 12 heavy (non-hydrogen) atoms. The number of hydrogen-bond acceptors (Lipinski definition) is 5. The third kappa shape index (κ3) is 2.60. The Morgan fingerprint density at radius 2 is 2.25 bits per heavy atom. The molecule has 5 heteroatoms. The molecule has 0 saturated heterocycles. The largest absolute Gasteiger partial charge is 0.424 e. The number of aromatic nitrogens is 2. The van der Waals surface area contributed by atoms with Crippen molar-refractivity contribution >= 4 is 0 Å². The molecule has 0 fully saturated rings. The Morgan fingerprint density at radius 3 is 2.75 bits per heavy atom. The molecule has 0 spiro atoms. The first kappa shape index (κ1) is 9.15. The van der Waals surface area contributed by atoms with Crippen LogP contribution in [0.1, 0.15) is 11.8 Å². The third-order valence-corrected chi connectivity index (χ3v) is 1.45. The summed E-state index contributed by atoms with van der Waals surface area (Å²) in [5, 5.41) is 16.1. The van der Waals surface area contributed by atoms with Crippen LogP contribution in [-0.2, 0) is 6.54 Å². The lowest BCUT2D eigenvalue weighted by atomic mass is 10.5. The predicted molar refractivity (Wildman–Crippen MR) is 42.5 cm³/mol. The van der Waals surface area contributed by atoms with Crippen LogP contribution < -0.4 is 0 Å². The van der Waals surface area contributed by atoms with E-state index in [2.05, 4.69) is 10.2 Å². The lowest BCUT2D eigenvalue weighted by molar-refractivity contribution is 0.205. The Balaban J connectivity index is 2.41. The maximum Gasteiger partial charge on any atom is 0.230 e. The highest BCUT2D eigenvalue weighted by atomic mass is 16.4. The van der Waals surface area contributed by atoms with E-state index in [0.29, 0.717) is 24.9 Å². The normalized spacial score (nSPS) is 11.0. The quantitative estimate of drug-likeness (QED) is 0.679. The maximum absolute atomic E-state index is 8.61. The van der Waals surface area contributed by atoms with Crippen LogP contribution in [0.25, 0.3) is 0 Å². The van der Waals surface area contributed by atoms with Crippen LogP contribution in [0.15, 0.2) is 4.42 Å². The predicted octanol–water partition coefficient (Wildman–Crippen LogP) is -0.198. The Hall–Kier alpha value is -0.940. The van der Waals surface area contributed by atoms with E-state index in [9.17, 15) is 0 Å². The lowest BCUT2D eigenvalue weighted by Crippen LogP contribution is -2.21. The van der Waals surface area contributed by atoms with Crippen LogP contribution >= 0.6 is 0 Å². The summed E-state index contributed by atoms with van der Waals surface area (Å²) in [5.74, 6) is 1.16. The highest BCUT2D eigenvalue weighted by Gasteiger charge is 2.04. The van der Waals surface area contributed by atoms with Gasteiger partial charge in [-0.05, 0) is 7.05 Å². The van der Waals surface area contributed by atoms with Gasteiger partial charge in [-0.1, -0.05) is 0 Å². The van der Waals surface area contributed by atoms with Crippen LogP contribution in [0.5, 0.6) is 0 Å². The van der Waals surface area contributed by atoms with E-state index in [1.165, 1.54) is 0 Å². The van der Waals surface area contributed by atoms with Crippen LogP contribution in [0.3, 0.4) is 0 Å². The van der Waals surface area contributed by atoms with Crippen LogP contribution in [0.4, 0.5) is 0 Å². The van der Waals surface area contributed by atoms with Crippen molar-refractivity contribution in [1.82, 2.24) is 15.1 Å². The molecule has 0 aliphatic carbocycles. The molecule has 1 heterocycles. The molecule has 0 bridgehead atoms. The molecule has 1 aromatic rings. The molecule has 0 aliphatic heterocycles. The molecular formula is C7H13N3O2. The van der Waals surface area contributed by atoms with E-state index < -0.39 is 0 Å². The Labute approximate surface area is 71.0 Å². The minimum atomic E-state index is 0.142. The van der Waals surface area contributed by atoms with E-state index >= 15 is 0 Å². The molecule has 0 unspecified atom stereocenters. The zero-order valence-corrected chi connectivity index (χ0v) is 7.32. The monoisotopic (exact) mass is 171 g/mol. The van der Waals surface area contributed by atoms with Gasteiger partial charge >= 0.3 is 0 Å². The highest BCUT2D eigenvalue weighted by molar-refractivity contribution is 4.78. The van der Waals surface area contributed by atoms with Gasteiger partial charge in [-0.15, -0.1) is 10.2 Å². The number of aryl methyl sites for hydroxylation is 1. The second-order valence-corrected chi connectivity index (χ2v) is 2.68. The molecule has 0 saturated carbocycles. The fraction of sp³-hybridized carbons (Fsp3) is 0.714. The molecule has 1 N–H and O–H groups in total. The first-order valence-corrected chi connectivity index (χ1v) is 3.80. The van der Waals surface area contributed by atoms with Gasteiger partial charge < -0.3 is 9.52 Å². The minimum absolute atomic E-state index is 0.142. The summed E-state index contributed by atoms with van der Waals surface area (Å²) in [6, 6.07) is 0. The number of rotatable bonds is 4. The van der Waals surface area contributed by atoms with Gasteiger partial charge in [0.2, 0.25) is 11.8 Å². The van der Waals surface area contributed by atoms with Gasteiger partial charge in [-0.25, -0.2) is 0 Å². The number of aliphatic hydroxyl groups is 1. The van der Waals surface area contributed by atoms with Gasteiger partial charge in [0, 0.05) is 13.5 Å². The maximum atomic E-state index is 8.61. The zero-order chi connectivity index (χ0) is 8.97. The van der Waals surface area contributed by atoms with Gasteiger partial charge in [0.1, 0.15) is 0 Å². The van der Waals surface area contributed by atoms with Gasteiger partial charge in [0.05, 0.1) is 13.2 Å². The number of nitrogens with zero attached hydrogens (tertiary/aromatic N) is 3. The number of aliphatic hydroxyl groups excluding tert-OH is 1. The van der Waals surface area contributed by atoms with Crippen molar-refractivity contribution in [3.63, 3.8) is 0 Å². The van der Waals surface area contributed by atoms with Crippen LogP contribution in [0, 0.1) is 6.92 Å². The Kier molecular flexibility index (Phi) is 3.19. The van der Waals surface area contributed by atoms with E-state index in [0.717, 1.165) is 0 Å². The standard InChI is InChI=1S/C7H13N3O2/c1-6-8-9-7(12-6)5-10(2)3-4-11/h11H,3-5H2,1-2H3. The summed E-state index contributed by atoms with van der Waals surface area (Å²) in [6.45, 7) is 3.09. The molecule has 0 aliphatic rings. The van der Waals surface area contributed by atoms with Crippen molar-refractivity contribution in [3.8, 4) is 0 Å². The first-order chi connectivity index (χ1) is 5.72. The summed E-state index contributed by atoms with van der Waals surface area (Å²) >= 11 is 0. The molecule has 0 radical (unpaired) electrons. The van der Waals surface area contributed by atoms with Crippen molar-refractivity contribution < 1.29 is 9.52 Å². The van der Waals surface area contributed by atoms with Crippen molar-refractivity contribution in [3.05, 3.63) is 11.8 Å². The van der Waals surface area contributed by atoms with E-state index in [1.807, 2.05) is 11.9 Å². The summed E-state index contributed by atoms with van der Waals surface area (Å²) in [6.07, 6.45) is 0. The molecule has 1 rings (SSSR count). The summed E-state index contributed by atoms with van der Waals surface area (Å²) in [7, 11) is 1.88. The molecule has 0 amide bonds. The van der Waals surface area contributed by atoms with Gasteiger partial charge in [0.25, 0.3) is 0 Å². The van der Waals surface area contributed by atoms with Gasteiger partial charge in [0.15, 0.2) is 0 Å². The van der Waals surface area contributed by atoms with Crippen LogP contribution in [-0.4, -0.2) is 40.4 Å². The fourth-order valence-corrected chi connectivity index (χ4v) is 0.882. The van der Waals surface area contributed by atoms with Crippen molar-refractivity contribution in [2.24, 2.45) is 0 Å². The highest BCUT2D eigenvalue weighted by Crippen LogP contribution is 2.00. The topological polar surface area (TPSA) is 62.4 Å². The lowest BCUT2D eigenvalue weighted by Gasteiger charge is -2.10.